The Morgan fingerprint density at radius 2 is 1.86 bits per heavy atom. The number of nitrogens with zero attached hydrogens (tertiary/aromatic N) is 1. The highest BCUT2D eigenvalue weighted by atomic mass is 16.4. The molecule has 1 fully saturated rings. The molecule has 4 nitrogen and oxygen atoms in total. The van der Waals surface area contributed by atoms with Crippen molar-refractivity contribution in [2.75, 3.05) is 13.1 Å². The molecule has 21 heavy (non-hydrogen) atoms. The molecule has 1 N–H and O–H groups in total. The molecule has 3 rings (SSSR count). The van der Waals surface area contributed by atoms with Crippen molar-refractivity contribution in [1.29, 1.82) is 0 Å². The molecule has 1 amide bonds. The van der Waals surface area contributed by atoms with E-state index < -0.39 is 11.9 Å². The van der Waals surface area contributed by atoms with Crippen LogP contribution in [0.1, 0.15) is 47.2 Å². The quantitative estimate of drug-likeness (QED) is 0.909. The maximum atomic E-state index is 12.6. The van der Waals surface area contributed by atoms with Gasteiger partial charge in [-0.05, 0) is 61.8 Å². The Morgan fingerprint density at radius 3 is 2.62 bits per heavy atom. The minimum Gasteiger partial charge on any atom is -0.481 e. The Morgan fingerprint density at radius 1 is 1.10 bits per heavy atom. The van der Waals surface area contributed by atoms with E-state index in [-0.39, 0.29) is 5.91 Å². The maximum absolute atomic E-state index is 12.6. The Bertz CT molecular complexity index is 567. The minimum atomic E-state index is -0.794. The lowest BCUT2D eigenvalue weighted by atomic mass is 9.90. The van der Waals surface area contributed by atoms with E-state index in [0.717, 1.165) is 19.3 Å². The van der Waals surface area contributed by atoms with E-state index >= 15 is 0 Å². The summed E-state index contributed by atoms with van der Waals surface area (Å²) in [7, 11) is 0. The van der Waals surface area contributed by atoms with Crippen LogP contribution in [0, 0.1) is 5.92 Å². The first-order chi connectivity index (χ1) is 10.1. The van der Waals surface area contributed by atoms with Crippen molar-refractivity contribution in [3.8, 4) is 0 Å². The van der Waals surface area contributed by atoms with Gasteiger partial charge in [-0.1, -0.05) is 6.07 Å². The molecule has 112 valence electrons. The summed E-state index contributed by atoms with van der Waals surface area (Å²) in [5.41, 5.74) is 3.36. The van der Waals surface area contributed by atoms with E-state index in [1.807, 2.05) is 12.1 Å². The van der Waals surface area contributed by atoms with Crippen molar-refractivity contribution >= 4 is 11.9 Å². The van der Waals surface area contributed by atoms with Crippen LogP contribution in [-0.2, 0) is 17.6 Å². The van der Waals surface area contributed by atoms with Crippen LogP contribution in [0.4, 0.5) is 0 Å². The number of carbonyl (C=O) groups excluding carboxylic acids is 1. The van der Waals surface area contributed by atoms with Gasteiger partial charge in [0.05, 0.1) is 5.92 Å². The number of aliphatic carboxylic acids is 1. The molecule has 1 aromatic carbocycles. The Kier molecular flexibility index (Phi) is 3.95. The van der Waals surface area contributed by atoms with Crippen molar-refractivity contribution in [3.63, 3.8) is 0 Å². The highest BCUT2D eigenvalue weighted by Gasteiger charge is 2.28. The zero-order valence-electron chi connectivity index (χ0n) is 12.2. The fourth-order valence-electron chi connectivity index (χ4n) is 3.41. The van der Waals surface area contributed by atoms with Crippen molar-refractivity contribution in [2.45, 2.75) is 38.5 Å². The molecule has 4 heteroatoms. The van der Waals surface area contributed by atoms with Gasteiger partial charge in [-0.2, -0.15) is 0 Å². The van der Waals surface area contributed by atoms with Crippen molar-refractivity contribution in [3.05, 3.63) is 34.9 Å². The number of rotatable bonds is 2. The topological polar surface area (TPSA) is 57.6 Å². The Hall–Kier alpha value is -1.84. The molecule has 1 aliphatic carbocycles. The number of likely N-dealkylation sites (tertiary alicyclic amines) is 1. The van der Waals surface area contributed by atoms with Gasteiger partial charge in [-0.3, -0.25) is 9.59 Å². The van der Waals surface area contributed by atoms with Crippen molar-refractivity contribution < 1.29 is 14.7 Å². The lowest BCUT2D eigenvalue weighted by Crippen LogP contribution is -2.42. The fourth-order valence-corrected chi connectivity index (χ4v) is 3.41. The molecule has 0 unspecified atom stereocenters. The normalized spacial score (nSPS) is 21.7. The standard InChI is InChI=1S/C17H21NO3/c19-16(18-9-3-6-15(11-18)17(20)21)14-8-7-12-4-1-2-5-13(12)10-14/h7-8,10,15H,1-6,9,11H2,(H,20,21)/t15-/m1/s1. The smallest absolute Gasteiger partial charge is 0.308 e. The molecule has 1 heterocycles. The van der Waals surface area contributed by atoms with Crippen LogP contribution in [0.5, 0.6) is 0 Å². The van der Waals surface area contributed by atoms with Crippen LogP contribution < -0.4 is 0 Å². The van der Waals surface area contributed by atoms with Crippen LogP contribution in [0.3, 0.4) is 0 Å². The molecular weight excluding hydrogens is 266 g/mol. The van der Waals surface area contributed by atoms with E-state index in [4.69, 9.17) is 5.11 Å². The highest BCUT2D eigenvalue weighted by Crippen LogP contribution is 2.24. The van der Waals surface area contributed by atoms with E-state index in [2.05, 4.69) is 6.07 Å². The second kappa shape index (κ2) is 5.88. The molecule has 0 saturated carbocycles. The lowest BCUT2D eigenvalue weighted by molar-refractivity contribution is -0.143. The largest absolute Gasteiger partial charge is 0.481 e. The van der Waals surface area contributed by atoms with Crippen LogP contribution in [0.15, 0.2) is 18.2 Å². The second-order valence-corrected chi connectivity index (χ2v) is 6.12. The van der Waals surface area contributed by atoms with Gasteiger partial charge in [0.25, 0.3) is 5.91 Å². The molecule has 1 aromatic rings. The van der Waals surface area contributed by atoms with Gasteiger partial charge in [-0.15, -0.1) is 0 Å². The molecule has 2 aliphatic rings. The molecule has 0 bridgehead atoms. The van der Waals surface area contributed by atoms with Gasteiger partial charge in [-0.25, -0.2) is 0 Å². The summed E-state index contributed by atoms with van der Waals surface area (Å²) in [5.74, 6) is -1.23. The van der Waals surface area contributed by atoms with Crippen molar-refractivity contribution in [2.24, 2.45) is 5.92 Å². The molecule has 1 saturated heterocycles. The lowest BCUT2D eigenvalue weighted by Gasteiger charge is -2.31. The van der Waals surface area contributed by atoms with E-state index in [1.54, 1.807) is 4.90 Å². The molecule has 1 atom stereocenters. The number of carboxylic acid groups (broad SMARTS) is 1. The van der Waals surface area contributed by atoms with E-state index in [1.165, 1.54) is 24.0 Å². The van der Waals surface area contributed by atoms with Crippen LogP contribution in [-0.4, -0.2) is 35.0 Å². The average Bonchev–Trinajstić information content (AvgIpc) is 2.53. The number of hydrogen-bond acceptors (Lipinski definition) is 2. The summed E-state index contributed by atoms with van der Waals surface area (Å²) in [4.78, 5) is 25.4. The van der Waals surface area contributed by atoms with Crippen LogP contribution >= 0.6 is 0 Å². The molecule has 1 aliphatic heterocycles. The fraction of sp³-hybridized carbons (Fsp3) is 0.529. The molecule has 0 aromatic heterocycles. The van der Waals surface area contributed by atoms with E-state index in [0.29, 0.717) is 25.1 Å². The van der Waals surface area contributed by atoms with Gasteiger partial charge >= 0.3 is 5.97 Å². The number of aryl methyl sites for hydroxylation is 2. The summed E-state index contributed by atoms with van der Waals surface area (Å²) in [6.45, 7) is 1.00. The maximum Gasteiger partial charge on any atom is 0.308 e. The predicted molar refractivity (Wildman–Crippen MR) is 79.3 cm³/mol. The zero-order chi connectivity index (χ0) is 14.8. The molecule has 0 spiro atoms. The number of benzene rings is 1. The number of carboxylic acids is 1. The zero-order valence-corrected chi connectivity index (χ0v) is 12.2. The number of piperidine rings is 1. The monoisotopic (exact) mass is 287 g/mol. The number of hydrogen-bond donors (Lipinski definition) is 1. The van der Waals surface area contributed by atoms with Crippen molar-refractivity contribution in [1.82, 2.24) is 4.90 Å². The first kappa shape index (κ1) is 14.1. The summed E-state index contributed by atoms with van der Waals surface area (Å²) in [6, 6.07) is 5.98. The van der Waals surface area contributed by atoms with Gasteiger partial charge in [0.15, 0.2) is 0 Å². The summed E-state index contributed by atoms with van der Waals surface area (Å²) >= 11 is 0. The molecular formula is C17H21NO3. The first-order valence-electron chi connectivity index (χ1n) is 7.79. The van der Waals surface area contributed by atoms with Crippen LogP contribution in [0.25, 0.3) is 0 Å². The third-order valence-corrected chi connectivity index (χ3v) is 4.65. The van der Waals surface area contributed by atoms with Gasteiger partial charge in [0.1, 0.15) is 0 Å². The van der Waals surface area contributed by atoms with Gasteiger partial charge in [0, 0.05) is 18.7 Å². The Balaban J connectivity index is 1.77. The number of fused-ring (bicyclic) bond motifs is 1. The molecule has 0 radical (unpaired) electrons. The summed E-state index contributed by atoms with van der Waals surface area (Å²) < 4.78 is 0. The van der Waals surface area contributed by atoms with Gasteiger partial charge < -0.3 is 10.0 Å². The first-order valence-corrected chi connectivity index (χ1v) is 7.79. The minimum absolute atomic E-state index is 0.0191. The van der Waals surface area contributed by atoms with E-state index in [9.17, 15) is 9.59 Å². The summed E-state index contributed by atoms with van der Waals surface area (Å²) in [6.07, 6.45) is 6.02. The average molecular weight is 287 g/mol. The van der Waals surface area contributed by atoms with Gasteiger partial charge in [0.2, 0.25) is 0 Å². The second-order valence-electron chi connectivity index (χ2n) is 6.12. The predicted octanol–water partition coefficient (Wildman–Crippen LogP) is 2.50. The SMILES string of the molecule is O=C(O)[C@@H]1CCCN(C(=O)c2ccc3c(c2)CCCC3)C1. The number of carbonyl (C=O) groups is 2. The van der Waals surface area contributed by atoms with Crippen LogP contribution in [0.2, 0.25) is 0 Å². The summed E-state index contributed by atoms with van der Waals surface area (Å²) in [5, 5.41) is 9.13. The Labute approximate surface area is 124 Å². The third kappa shape index (κ3) is 2.94. The third-order valence-electron chi connectivity index (χ3n) is 4.65. The number of amides is 1. The highest BCUT2D eigenvalue weighted by molar-refractivity contribution is 5.95.